The van der Waals surface area contributed by atoms with Crippen molar-refractivity contribution in [2.24, 2.45) is 0 Å². The maximum atomic E-state index is 5.36. The first-order chi connectivity index (χ1) is 24.8. The number of para-hydroxylation sites is 4. The molecule has 0 spiro atoms. The van der Waals surface area contributed by atoms with Gasteiger partial charge < -0.3 is 0 Å². The Morgan fingerprint density at radius 1 is 0.360 bits per heavy atom. The summed E-state index contributed by atoms with van der Waals surface area (Å²) in [5.41, 5.74) is 10.8. The minimum absolute atomic E-state index is 0.826. The SMILES string of the molecule is c1cc(-c2ccc3c4ccccc4n(-c4nc5ccccc5c5nc6ccccc6n45)c3c2)cc(-c2cc3ccccc3c3ccccc23)c1. The molecule has 0 unspecified atom stereocenters. The van der Waals surface area contributed by atoms with Crippen LogP contribution in [0.2, 0.25) is 0 Å². The molecule has 232 valence electrons. The van der Waals surface area contributed by atoms with Crippen LogP contribution in [0.15, 0.2) is 170 Å². The van der Waals surface area contributed by atoms with Crippen molar-refractivity contribution < 1.29 is 0 Å². The topological polar surface area (TPSA) is 35.1 Å². The summed E-state index contributed by atoms with van der Waals surface area (Å²) < 4.78 is 4.55. The lowest BCUT2D eigenvalue weighted by Gasteiger charge is -2.14. The van der Waals surface area contributed by atoms with Crippen LogP contribution < -0.4 is 0 Å². The van der Waals surface area contributed by atoms with Gasteiger partial charge in [0.25, 0.3) is 0 Å². The van der Waals surface area contributed by atoms with E-state index in [1.165, 1.54) is 49.0 Å². The van der Waals surface area contributed by atoms with Crippen LogP contribution in [0.25, 0.3) is 99.1 Å². The summed E-state index contributed by atoms with van der Waals surface area (Å²) in [5.74, 6) is 0.826. The predicted octanol–water partition coefficient (Wildman–Crippen LogP) is 11.8. The molecule has 8 aromatic carbocycles. The molecule has 0 aliphatic carbocycles. The summed E-state index contributed by atoms with van der Waals surface area (Å²) in [4.78, 5) is 10.5. The highest BCUT2D eigenvalue weighted by molar-refractivity contribution is 6.14. The van der Waals surface area contributed by atoms with Crippen molar-refractivity contribution >= 4 is 70.9 Å². The Balaban J connectivity index is 1.18. The largest absolute Gasteiger partial charge is 0.279 e. The zero-order chi connectivity index (χ0) is 32.8. The van der Waals surface area contributed by atoms with Gasteiger partial charge in [-0.25, -0.2) is 9.97 Å². The zero-order valence-electron chi connectivity index (χ0n) is 27.0. The normalized spacial score (nSPS) is 12.0. The third-order valence-corrected chi connectivity index (χ3v) is 10.3. The van der Waals surface area contributed by atoms with E-state index in [0.29, 0.717) is 0 Å². The number of imidazole rings is 1. The molecule has 11 aromatic rings. The second kappa shape index (κ2) is 10.4. The van der Waals surface area contributed by atoms with E-state index < -0.39 is 0 Å². The van der Waals surface area contributed by atoms with E-state index in [-0.39, 0.29) is 0 Å². The Morgan fingerprint density at radius 3 is 1.88 bits per heavy atom. The van der Waals surface area contributed by atoms with Crippen LogP contribution in [0.5, 0.6) is 0 Å². The molecule has 0 atom stereocenters. The minimum Gasteiger partial charge on any atom is -0.279 e. The number of fused-ring (bicyclic) bond motifs is 11. The van der Waals surface area contributed by atoms with Crippen molar-refractivity contribution in [1.29, 1.82) is 0 Å². The summed E-state index contributed by atoms with van der Waals surface area (Å²) in [7, 11) is 0. The molecule has 4 heteroatoms. The molecule has 0 radical (unpaired) electrons. The second-order valence-electron chi connectivity index (χ2n) is 13.0. The van der Waals surface area contributed by atoms with E-state index in [2.05, 4.69) is 167 Å². The summed E-state index contributed by atoms with van der Waals surface area (Å²) in [5, 5.41) is 8.48. The highest BCUT2D eigenvalue weighted by Gasteiger charge is 2.20. The average Bonchev–Trinajstić information content (AvgIpc) is 3.74. The Bertz CT molecular complexity index is 3160. The zero-order valence-corrected chi connectivity index (χ0v) is 27.0. The highest BCUT2D eigenvalue weighted by Crippen LogP contribution is 2.39. The summed E-state index contributed by atoms with van der Waals surface area (Å²) >= 11 is 0. The van der Waals surface area contributed by atoms with Gasteiger partial charge in [-0.3, -0.25) is 8.97 Å². The smallest absolute Gasteiger partial charge is 0.221 e. The van der Waals surface area contributed by atoms with Gasteiger partial charge in [-0.1, -0.05) is 121 Å². The molecule has 3 heterocycles. The van der Waals surface area contributed by atoms with Crippen LogP contribution in [0.4, 0.5) is 0 Å². The second-order valence-corrected chi connectivity index (χ2v) is 13.0. The van der Waals surface area contributed by atoms with Crippen molar-refractivity contribution in [3.63, 3.8) is 0 Å². The highest BCUT2D eigenvalue weighted by atomic mass is 15.2. The van der Waals surface area contributed by atoms with Gasteiger partial charge in [0.1, 0.15) is 5.65 Å². The maximum Gasteiger partial charge on any atom is 0.221 e. The molecule has 4 nitrogen and oxygen atoms in total. The van der Waals surface area contributed by atoms with Crippen LogP contribution in [0.1, 0.15) is 0 Å². The van der Waals surface area contributed by atoms with E-state index in [4.69, 9.17) is 9.97 Å². The molecule has 0 N–H and O–H groups in total. The molecule has 0 aliphatic rings. The summed E-state index contributed by atoms with van der Waals surface area (Å²) in [6, 6.07) is 60.9. The van der Waals surface area contributed by atoms with E-state index in [1.54, 1.807) is 0 Å². The fraction of sp³-hybridized carbons (Fsp3) is 0. The molecule has 0 aliphatic heterocycles. The summed E-state index contributed by atoms with van der Waals surface area (Å²) in [6.07, 6.45) is 0. The van der Waals surface area contributed by atoms with Crippen LogP contribution in [-0.2, 0) is 0 Å². The Kier molecular flexibility index (Phi) is 5.63. The number of rotatable bonds is 3. The van der Waals surface area contributed by atoms with Crippen LogP contribution >= 0.6 is 0 Å². The lowest BCUT2D eigenvalue weighted by Crippen LogP contribution is -2.06. The third-order valence-electron chi connectivity index (χ3n) is 10.3. The molecular formula is C46H28N4. The Hall–Kier alpha value is -6.78. The van der Waals surface area contributed by atoms with Gasteiger partial charge in [0.05, 0.1) is 27.6 Å². The van der Waals surface area contributed by atoms with Gasteiger partial charge in [-0.15, -0.1) is 0 Å². The number of aromatic nitrogens is 4. The first-order valence-electron chi connectivity index (χ1n) is 17.0. The van der Waals surface area contributed by atoms with Crippen LogP contribution in [0, 0.1) is 0 Å². The van der Waals surface area contributed by atoms with Gasteiger partial charge in [-0.05, 0) is 92.3 Å². The van der Waals surface area contributed by atoms with Crippen LogP contribution in [-0.4, -0.2) is 18.9 Å². The van der Waals surface area contributed by atoms with Crippen molar-refractivity contribution in [3.8, 4) is 28.2 Å². The Labute approximate surface area is 287 Å². The fourth-order valence-electron chi connectivity index (χ4n) is 8.00. The van der Waals surface area contributed by atoms with Gasteiger partial charge in [0.15, 0.2) is 0 Å². The molecule has 11 rings (SSSR count). The van der Waals surface area contributed by atoms with Gasteiger partial charge >= 0.3 is 0 Å². The van der Waals surface area contributed by atoms with E-state index in [9.17, 15) is 0 Å². The number of hydrogen-bond acceptors (Lipinski definition) is 2. The Morgan fingerprint density at radius 2 is 1.00 bits per heavy atom. The quantitative estimate of drug-likeness (QED) is 0.181. The molecule has 0 bridgehead atoms. The number of nitrogens with zero attached hydrogens (tertiary/aromatic N) is 4. The number of hydrogen-bond donors (Lipinski definition) is 0. The average molecular weight is 637 g/mol. The monoisotopic (exact) mass is 636 g/mol. The molecule has 50 heavy (non-hydrogen) atoms. The van der Waals surface area contributed by atoms with Crippen LogP contribution in [0.3, 0.4) is 0 Å². The molecule has 0 fully saturated rings. The maximum absolute atomic E-state index is 5.36. The predicted molar refractivity (Wildman–Crippen MR) is 208 cm³/mol. The van der Waals surface area contributed by atoms with Gasteiger partial charge in [-0.2, -0.15) is 0 Å². The molecule has 0 amide bonds. The fourth-order valence-corrected chi connectivity index (χ4v) is 8.00. The minimum atomic E-state index is 0.826. The molecule has 0 saturated carbocycles. The molecular weight excluding hydrogens is 609 g/mol. The van der Waals surface area contributed by atoms with Gasteiger partial charge in [0.2, 0.25) is 5.95 Å². The van der Waals surface area contributed by atoms with E-state index in [0.717, 1.165) is 50.1 Å². The van der Waals surface area contributed by atoms with Crippen molar-refractivity contribution in [3.05, 3.63) is 170 Å². The van der Waals surface area contributed by atoms with E-state index >= 15 is 0 Å². The van der Waals surface area contributed by atoms with E-state index in [1.807, 2.05) is 12.1 Å². The van der Waals surface area contributed by atoms with Gasteiger partial charge in [0, 0.05) is 16.2 Å². The lowest BCUT2D eigenvalue weighted by molar-refractivity contribution is 0.979. The summed E-state index contributed by atoms with van der Waals surface area (Å²) in [6.45, 7) is 0. The van der Waals surface area contributed by atoms with Crippen molar-refractivity contribution in [2.75, 3.05) is 0 Å². The third kappa shape index (κ3) is 3.87. The number of benzene rings is 8. The van der Waals surface area contributed by atoms with Crippen molar-refractivity contribution in [1.82, 2.24) is 18.9 Å². The molecule has 3 aromatic heterocycles. The molecule has 0 saturated heterocycles. The standard InChI is InChI=1S/C46H28N4/c1-2-15-33-32(12-1)27-39(35-17-4-3-16-34(33)35)31-14-11-13-29(26-31)30-24-25-37-36-18-6-9-22-42(36)49(44(37)28-30)46-48-40-20-7-5-19-38(40)45-47-41-21-8-10-23-43(41)50(45)46/h1-28H. The van der Waals surface area contributed by atoms with Crippen molar-refractivity contribution in [2.45, 2.75) is 0 Å². The first-order valence-corrected chi connectivity index (χ1v) is 17.0. The first kappa shape index (κ1) is 27.2. The lowest BCUT2D eigenvalue weighted by atomic mass is 9.92.